The van der Waals surface area contributed by atoms with Crippen LogP contribution in [0.1, 0.15) is 10.5 Å². The van der Waals surface area contributed by atoms with Gasteiger partial charge in [0.1, 0.15) is 17.2 Å². The van der Waals surface area contributed by atoms with Crippen LogP contribution in [0.5, 0.6) is 0 Å². The zero-order valence-corrected chi connectivity index (χ0v) is 15.2. The maximum absolute atomic E-state index is 12.7. The highest BCUT2D eigenvalue weighted by Gasteiger charge is 2.30. The van der Waals surface area contributed by atoms with Crippen molar-refractivity contribution in [2.75, 3.05) is 24.5 Å². The number of carbonyl (C=O) groups excluding carboxylic acids is 2. The minimum absolute atomic E-state index is 0.0352. The van der Waals surface area contributed by atoms with Gasteiger partial charge in [0.05, 0.1) is 18.1 Å². The van der Waals surface area contributed by atoms with Gasteiger partial charge in [0, 0.05) is 50.5 Å². The first-order valence-corrected chi connectivity index (χ1v) is 8.92. The molecule has 1 aliphatic rings. The van der Waals surface area contributed by atoms with Crippen molar-refractivity contribution in [1.29, 1.82) is 0 Å². The highest BCUT2D eigenvalue weighted by molar-refractivity contribution is 7.13. The van der Waals surface area contributed by atoms with Gasteiger partial charge < -0.3 is 9.80 Å². The molecule has 3 aromatic heterocycles. The Labute approximate surface area is 153 Å². The largest absolute Gasteiger partial charge is 0.326 e. The molecule has 1 saturated heterocycles. The normalized spacial score (nSPS) is 14.9. The number of rotatable bonds is 3. The summed E-state index contributed by atoms with van der Waals surface area (Å²) in [6, 6.07) is 0. The van der Waals surface area contributed by atoms with E-state index in [1.807, 2.05) is 13.2 Å². The van der Waals surface area contributed by atoms with Gasteiger partial charge in [-0.2, -0.15) is 10.2 Å². The Hall–Kier alpha value is -3.01. The van der Waals surface area contributed by atoms with Crippen LogP contribution in [0.3, 0.4) is 0 Å². The SMILES string of the molecule is Cn1cc(-c2nc(C(=O)N3CCN(c4cnn(C)c4)C(=O)C3)cs2)cn1. The summed E-state index contributed by atoms with van der Waals surface area (Å²) in [5.74, 6) is -0.351. The smallest absolute Gasteiger partial charge is 0.273 e. The predicted octanol–water partition coefficient (Wildman–Crippen LogP) is 0.766. The molecule has 0 bridgehead atoms. The van der Waals surface area contributed by atoms with E-state index >= 15 is 0 Å². The summed E-state index contributed by atoms with van der Waals surface area (Å²) in [6.07, 6.45) is 7.00. The third-order valence-corrected chi connectivity index (χ3v) is 5.08. The summed E-state index contributed by atoms with van der Waals surface area (Å²) in [6.45, 7) is 0.933. The van der Waals surface area contributed by atoms with E-state index in [4.69, 9.17) is 0 Å². The highest BCUT2D eigenvalue weighted by Crippen LogP contribution is 2.24. The molecule has 0 N–H and O–H groups in total. The summed E-state index contributed by atoms with van der Waals surface area (Å²) < 4.78 is 3.34. The van der Waals surface area contributed by atoms with E-state index in [2.05, 4.69) is 15.2 Å². The number of anilines is 1. The van der Waals surface area contributed by atoms with Crippen molar-refractivity contribution in [1.82, 2.24) is 29.4 Å². The van der Waals surface area contributed by atoms with E-state index in [-0.39, 0.29) is 18.4 Å². The Morgan fingerprint density at radius 1 is 1.12 bits per heavy atom. The van der Waals surface area contributed by atoms with Crippen LogP contribution >= 0.6 is 11.3 Å². The number of amides is 2. The second-order valence-electron chi connectivity index (χ2n) is 6.08. The van der Waals surface area contributed by atoms with Crippen molar-refractivity contribution in [3.8, 4) is 10.6 Å². The second-order valence-corrected chi connectivity index (χ2v) is 6.94. The number of carbonyl (C=O) groups is 2. The third-order valence-electron chi connectivity index (χ3n) is 4.19. The van der Waals surface area contributed by atoms with Gasteiger partial charge in [0.25, 0.3) is 5.91 Å². The minimum Gasteiger partial charge on any atom is -0.326 e. The van der Waals surface area contributed by atoms with Crippen LogP contribution in [-0.4, -0.2) is 60.9 Å². The Morgan fingerprint density at radius 2 is 1.88 bits per heavy atom. The minimum atomic E-state index is -0.226. The first-order valence-electron chi connectivity index (χ1n) is 8.04. The van der Waals surface area contributed by atoms with E-state index in [0.29, 0.717) is 18.8 Å². The van der Waals surface area contributed by atoms with Gasteiger partial charge in [0.2, 0.25) is 5.91 Å². The van der Waals surface area contributed by atoms with Crippen molar-refractivity contribution >= 4 is 28.8 Å². The topological polar surface area (TPSA) is 89.2 Å². The zero-order valence-electron chi connectivity index (χ0n) is 14.4. The number of aromatic nitrogens is 5. The lowest BCUT2D eigenvalue weighted by Gasteiger charge is -2.33. The molecule has 4 rings (SSSR count). The van der Waals surface area contributed by atoms with E-state index in [1.165, 1.54) is 16.2 Å². The maximum Gasteiger partial charge on any atom is 0.273 e. The molecule has 4 heterocycles. The molecular weight excluding hydrogens is 354 g/mol. The lowest BCUT2D eigenvalue weighted by Crippen LogP contribution is -2.52. The average molecular weight is 371 g/mol. The number of nitrogens with zero attached hydrogens (tertiary/aromatic N) is 7. The van der Waals surface area contributed by atoms with E-state index in [9.17, 15) is 9.59 Å². The van der Waals surface area contributed by atoms with Crippen LogP contribution in [0.2, 0.25) is 0 Å². The fourth-order valence-electron chi connectivity index (χ4n) is 2.87. The Morgan fingerprint density at radius 3 is 2.54 bits per heavy atom. The molecule has 0 unspecified atom stereocenters. The molecular formula is C16H17N7O2S. The van der Waals surface area contributed by atoms with Crippen molar-refractivity contribution < 1.29 is 9.59 Å². The Balaban J connectivity index is 1.46. The number of piperazine rings is 1. The summed E-state index contributed by atoms with van der Waals surface area (Å²) in [7, 11) is 3.63. The maximum atomic E-state index is 12.7. The van der Waals surface area contributed by atoms with E-state index < -0.39 is 0 Å². The summed E-state index contributed by atoms with van der Waals surface area (Å²) in [5, 5.41) is 10.7. The first kappa shape index (κ1) is 16.5. The molecule has 134 valence electrons. The van der Waals surface area contributed by atoms with Gasteiger partial charge >= 0.3 is 0 Å². The highest BCUT2D eigenvalue weighted by atomic mass is 32.1. The lowest BCUT2D eigenvalue weighted by atomic mass is 10.2. The molecule has 3 aromatic rings. The Bertz CT molecular complexity index is 973. The monoisotopic (exact) mass is 371 g/mol. The van der Waals surface area contributed by atoms with Crippen molar-refractivity contribution in [2.24, 2.45) is 14.1 Å². The molecule has 0 aromatic carbocycles. The molecule has 0 radical (unpaired) electrons. The van der Waals surface area contributed by atoms with E-state index in [1.54, 1.807) is 45.3 Å². The molecule has 26 heavy (non-hydrogen) atoms. The van der Waals surface area contributed by atoms with Gasteiger partial charge in [-0.1, -0.05) is 0 Å². The standard InChI is InChI=1S/C16H17N7O2S/c1-20-7-11(5-17-20)15-19-13(10-26-15)16(25)22-3-4-23(14(24)9-22)12-6-18-21(2)8-12/h5-8,10H,3-4,9H2,1-2H3. The van der Waals surface area contributed by atoms with Crippen LogP contribution in [0, 0.1) is 0 Å². The lowest BCUT2D eigenvalue weighted by molar-refractivity contribution is -0.120. The third kappa shape index (κ3) is 2.99. The predicted molar refractivity (Wildman–Crippen MR) is 95.8 cm³/mol. The van der Waals surface area contributed by atoms with Gasteiger partial charge in [-0.25, -0.2) is 4.98 Å². The average Bonchev–Trinajstić information content (AvgIpc) is 3.34. The zero-order chi connectivity index (χ0) is 18.3. The van der Waals surface area contributed by atoms with Crippen LogP contribution in [0.15, 0.2) is 30.2 Å². The number of hydrogen-bond acceptors (Lipinski definition) is 6. The molecule has 0 atom stereocenters. The molecule has 0 saturated carbocycles. The first-order chi connectivity index (χ1) is 12.5. The van der Waals surface area contributed by atoms with Crippen LogP contribution in [0.25, 0.3) is 10.6 Å². The van der Waals surface area contributed by atoms with Gasteiger partial charge in [0.15, 0.2) is 0 Å². The van der Waals surface area contributed by atoms with E-state index in [0.717, 1.165) is 16.3 Å². The van der Waals surface area contributed by atoms with Crippen LogP contribution < -0.4 is 4.90 Å². The van der Waals surface area contributed by atoms with Crippen molar-refractivity contribution in [2.45, 2.75) is 0 Å². The molecule has 1 fully saturated rings. The molecule has 2 amide bonds. The number of aryl methyl sites for hydroxylation is 2. The second kappa shape index (κ2) is 6.37. The van der Waals surface area contributed by atoms with Crippen molar-refractivity contribution in [3.63, 3.8) is 0 Å². The number of thiazole rings is 1. The van der Waals surface area contributed by atoms with Crippen LogP contribution in [0.4, 0.5) is 5.69 Å². The molecule has 1 aliphatic heterocycles. The quantitative estimate of drug-likeness (QED) is 0.678. The van der Waals surface area contributed by atoms with Gasteiger partial charge in [-0.3, -0.25) is 19.0 Å². The molecule has 0 aliphatic carbocycles. The van der Waals surface area contributed by atoms with Crippen molar-refractivity contribution in [3.05, 3.63) is 35.9 Å². The molecule has 10 heteroatoms. The summed E-state index contributed by atoms with van der Waals surface area (Å²) >= 11 is 1.39. The van der Waals surface area contributed by atoms with Crippen LogP contribution in [-0.2, 0) is 18.9 Å². The number of hydrogen-bond donors (Lipinski definition) is 0. The summed E-state index contributed by atoms with van der Waals surface area (Å²) in [5.41, 5.74) is 1.97. The van der Waals surface area contributed by atoms with Gasteiger partial charge in [-0.15, -0.1) is 11.3 Å². The Kier molecular flexibility index (Phi) is 4.03. The summed E-state index contributed by atoms with van der Waals surface area (Å²) in [4.78, 5) is 32.8. The molecule has 0 spiro atoms. The fourth-order valence-corrected chi connectivity index (χ4v) is 3.63. The molecule has 9 nitrogen and oxygen atoms in total. The van der Waals surface area contributed by atoms with Gasteiger partial charge in [-0.05, 0) is 0 Å². The fraction of sp³-hybridized carbons (Fsp3) is 0.312.